The summed E-state index contributed by atoms with van der Waals surface area (Å²) in [5.74, 6) is 0.711. The highest BCUT2D eigenvalue weighted by atomic mass is 16.3. The fourth-order valence-electron chi connectivity index (χ4n) is 3.35. The minimum Gasteiger partial charge on any atom is -0.448 e. The fourth-order valence-corrected chi connectivity index (χ4v) is 3.35. The van der Waals surface area contributed by atoms with Crippen molar-refractivity contribution in [3.8, 4) is 0 Å². The molecule has 1 atom stereocenters. The molecule has 0 bridgehead atoms. The van der Waals surface area contributed by atoms with Gasteiger partial charge in [-0.05, 0) is 35.7 Å². The zero-order valence-electron chi connectivity index (χ0n) is 14.0. The topological polar surface area (TPSA) is 67.2 Å². The van der Waals surface area contributed by atoms with Crippen LogP contribution in [0.25, 0.3) is 10.8 Å². The molecule has 4 rings (SSSR count). The first-order valence-electron chi connectivity index (χ1n) is 8.72. The second-order valence-electron chi connectivity index (χ2n) is 6.44. The first kappa shape index (κ1) is 15.8. The van der Waals surface area contributed by atoms with Gasteiger partial charge in [-0.3, -0.25) is 4.79 Å². The van der Waals surface area contributed by atoms with E-state index in [4.69, 9.17) is 4.42 Å². The molecule has 1 fully saturated rings. The summed E-state index contributed by atoms with van der Waals surface area (Å²) < 4.78 is 5.54. The Morgan fingerprint density at radius 2 is 2.12 bits per heavy atom. The molecule has 1 unspecified atom stereocenters. The molecule has 5 heteroatoms. The Hall–Kier alpha value is -2.66. The number of fused-ring (bicyclic) bond motifs is 1. The molecule has 128 valence electrons. The Balaban J connectivity index is 1.44. The lowest BCUT2D eigenvalue weighted by Crippen LogP contribution is -2.28. The summed E-state index contributed by atoms with van der Waals surface area (Å²) in [6, 6.07) is 14.3. The van der Waals surface area contributed by atoms with Crippen LogP contribution in [-0.2, 0) is 6.54 Å². The Labute approximate surface area is 146 Å². The van der Waals surface area contributed by atoms with E-state index in [1.807, 2.05) is 24.3 Å². The van der Waals surface area contributed by atoms with E-state index in [1.165, 1.54) is 11.6 Å². The largest absolute Gasteiger partial charge is 0.448 e. The zero-order valence-corrected chi connectivity index (χ0v) is 14.0. The monoisotopic (exact) mass is 335 g/mol. The zero-order chi connectivity index (χ0) is 17.1. The minimum atomic E-state index is -0.202. The van der Waals surface area contributed by atoms with Crippen LogP contribution in [0.15, 0.2) is 53.1 Å². The van der Waals surface area contributed by atoms with E-state index < -0.39 is 0 Å². The Kier molecular flexibility index (Phi) is 4.48. The summed E-state index contributed by atoms with van der Waals surface area (Å²) in [7, 11) is 0. The maximum absolute atomic E-state index is 12.4. The summed E-state index contributed by atoms with van der Waals surface area (Å²) >= 11 is 0. The van der Waals surface area contributed by atoms with Crippen molar-refractivity contribution < 1.29 is 9.21 Å². The molecule has 1 saturated heterocycles. The number of nitrogens with one attached hydrogen (secondary N) is 2. The Morgan fingerprint density at radius 3 is 3.00 bits per heavy atom. The summed E-state index contributed by atoms with van der Waals surface area (Å²) in [6.07, 6.45) is 3.61. The number of hydrogen-bond donors (Lipinski definition) is 2. The SMILES string of the molecule is O=C(NCc1cccc2ccccc12)c1coc(C2CCCNC2)n1. The average molecular weight is 335 g/mol. The molecule has 2 heterocycles. The van der Waals surface area contributed by atoms with Gasteiger partial charge in [0, 0.05) is 19.0 Å². The van der Waals surface area contributed by atoms with Gasteiger partial charge < -0.3 is 15.1 Å². The summed E-state index contributed by atoms with van der Waals surface area (Å²) in [4.78, 5) is 16.8. The molecule has 5 nitrogen and oxygen atoms in total. The molecule has 2 aromatic carbocycles. The van der Waals surface area contributed by atoms with Gasteiger partial charge in [0.15, 0.2) is 11.6 Å². The van der Waals surface area contributed by atoms with Gasteiger partial charge in [-0.1, -0.05) is 42.5 Å². The standard InChI is InChI=1S/C20H21N3O2/c24-19(18-13-25-20(23-18)16-8-4-10-21-11-16)22-12-15-7-3-6-14-5-1-2-9-17(14)15/h1-3,5-7,9,13,16,21H,4,8,10-12H2,(H,22,24). The smallest absolute Gasteiger partial charge is 0.273 e. The number of oxazole rings is 1. The lowest BCUT2D eigenvalue weighted by molar-refractivity contribution is 0.0946. The Bertz CT molecular complexity index is 876. The summed E-state index contributed by atoms with van der Waals surface area (Å²) in [5.41, 5.74) is 1.44. The van der Waals surface area contributed by atoms with Gasteiger partial charge in [0.1, 0.15) is 6.26 Å². The highest BCUT2D eigenvalue weighted by molar-refractivity contribution is 5.92. The predicted molar refractivity (Wildman–Crippen MR) is 96.5 cm³/mol. The molecular weight excluding hydrogens is 314 g/mol. The molecule has 25 heavy (non-hydrogen) atoms. The van der Waals surface area contributed by atoms with Crippen molar-refractivity contribution >= 4 is 16.7 Å². The third-order valence-electron chi connectivity index (χ3n) is 4.72. The number of amides is 1. The molecule has 1 aliphatic heterocycles. The molecule has 0 aliphatic carbocycles. The van der Waals surface area contributed by atoms with E-state index >= 15 is 0 Å². The second-order valence-corrected chi connectivity index (χ2v) is 6.44. The van der Waals surface area contributed by atoms with Crippen molar-refractivity contribution in [1.29, 1.82) is 0 Å². The van der Waals surface area contributed by atoms with Crippen LogP contribution < -0.4 is 10.6 Å². The van der Waals surface area contributed by atoms with Crippen LogP contribution in [0, 0.1) is 0 Å². The van der Waals surface area contributed by atoms with Gasteiger partial charge in [0.05, 0.1) is 0 Å². The van der Waals surface area contributed by atoms with E-state index in [-0.39, 0.29) is 11.8 Å². The second kappa shape index (κ2) is 7.07. The van der Waals surface area contributed by atoms with Crippen molar-refractivity contribution in [3.05, 3.63) is 65.9 Å². The maximum atomic E-state index is 12.4. The number of nitrogens with zero attached hydrogens (tertiary/aromatic N) is 1. The van der Waals surface area contributed by atoms with Gasteiger partial charge in [0.25, 0.3) is 5.91 Å². The first-order valence-corrected chi connectivity index (χ1v) is 8.72. The van der Waals surface area contributed by atoms with Crippen LogP contribution in [0.3, 0.4) is 0 Å². The lowest BCUT2D eigenvalue weighted by Gasteiger charge is -2.19. The third kappa shape index (κ3) is 3.42. The average Bonchev–Trinajstić information content (AvgIpc) is 3.17. The van der Waals surface area contributed by atoms with Crippen molar-refractivity contribution in [2.45, 2.75) is 25.3 Å². The van der Waals surface area contributed by atoms with E-state index in [0.717, 1.165) is 36.9 Å². The number of hydrogen-bond acceptors (Lipinski definition) is 4. The number of piperidine rings is 1. The number of benzene rings is 2. The van der Waals surface area contributed by atoms with Gasteiger partial charge in [-0.2, -0.15) is 0 Å². The van der Waals surface area contributed by atoms with Crippen molar-refractivity contribution in [1.82, 2.24) is 15.6 Å². The molecule has 2 N–H and O–H groups in total. The van der Waals surface area contributed by atoms with E-state index in [2.05, 4.69) is 33.8 Å². The van der Waals surface area contributed by atoms with Crippen molar-refractivity contribution in [2.75, 3.05) is 13.1 Å². The first-order chi connectivity index (χ1) is 12.3. The van der Waals surface area contributed by atoms with Gasteiger partial charge in [0.2, 0.25) is 0 Å². The van der Waals surface area contributed by atoms with Gasteiger partial charge in [-0.25, -0.2) is 4.98 Å². The van der Waals surface area contributed by atoms with Gasteiger partial charge in [-0.15, -0.1) is 0 Å². The quantitative estimate of drug-likeness (QED) is 0.768. The predicted octanol–water partition coefficient (Wildman–Crippen LogP) is 3.22. The highest BCUT2D eigenvalue weighted by Gasteiger charge is 2.21. The third-order valence-corrected chi connectivity index (χ3v) is 4.72. The highest BCUT2D eigenvalue weighted by Crippen LogP contribution is 2.22. The van der Waals surface area contributed by atoms with Crippen molar-refractivity contribution in [2.24, 2.45) is 0 Å². The summed E-state index contributed by atoms with van der Waals surface area (Å²) in [6.45, 7) is 2.36. The van der Waals surface area contributed by atoms with E-state index in [0.29, 0.717) is 18.1 Å². The normalized spacial score (nSPS) is 17.5. The van der Waals surface area contributed by atoms with Gasteiger partial charge >= 0.3 is 0 Å². The van der Waals surface area contributed by atoms with Crippen LogP contribution >= 0.6 is 0 Å². The van der Waals surface area contributed by atoms with Crippen LogP contribution in [0.1, 0.15) is 40.7 Å². The Morgan fingerprint density at radius 1 is 1.24 bits per heavy atom. The number of rotatable bonds is 4. The van der Waals surface area contributed by atoms with Crippen LogP contribution in [0.5, 0.6) is 0 Å². The molecule has 1 amide bonds. The maximum Gasteiger partial charge on any atom is 0.273 e. The van der Waals surface area contributed by atoms with E-state index in [9.17, 15) is 4.79 Å². The van der Waals surface area contributed by atoms with Crippen molar-refractivity contribution in [3.63, 3.8) is 0 Å². The summed E-state index contributed by atoms with van der Waals surface area (Å²) in [5, 5.41) is 8.60. The molecular formula is C20H21N3O2. The molecule has 1 aliphatic rings. The molecule has 0 saturated carbocycles. The molecule has 0 spiro atoms. The van der Waals surface area contributed by atoms with Crippen LogP contribution in [0.4, 0.5) is 0 Å². The molecule has 0 radical (unpaired) electrons. The van der Waals surface area contributed by atoms with Crippen LogP contribution in [-0.4, -0.2) is 24.0 Å². The van der Waals surface area contributed by atoms with E-state index in [1.54, 1.807) is 0 Å². The number of carbonyl (C=O) groups excluding carboxylic acids is 1. The fraction of sp³-hybridized carbons (Fsp3) is 0.300. The number of aromatic nitrogens is 1. The van der Waals surface area contributed by atoms with Crippen LogP contribution in [0.2, 0.25) is 0 Å². The lowest BCUT2D eigenvalue weighted by atomic mass is 10.00. The molecule has 1 aromatic heterocycles. The number of carbonyl (C=O) groups is 1. The molecule has 3 aromatic rings. The minimum absolute atomic E-state index is 0.202.